The van der Waals surface area contributed by atoms with Crippen molar-refractivity contribution in [3.8, 4) is 0 Å². The number of aliphatic hydroxyl groups excluding tert-OH is 2. The summed E-state index contributed by atoms with van der Waals surface area (Å²) in [6.07, 6.45) is -3.42. The smallest absolute Gasteiger partial charge is 0.429 e. The van der Waals surface area contributed by atoms with Gasteiger partial charge in [-0.25, -0.2) is 19.6 Å². The third-order valence-corrected chi connectivity index (χ3v) is 3.80. The first kappa shape index (κ1) is 16.8. The van der Waals surface area contributed by atoms with E-state index < -0.39 is 36.5 Å². The summed E-state index contributed by atoms with van der Waals surface area (Å²) in [6.45, 7) is 6.79. The topological polar surface area (TPSA) is 99.5 Å². The Morgan fingerprint density at radius 1 is 0.864 bits per heavy atom. The van der Waals surface area contributed by atoms with E-state index in [-0.39, 0.29) is 12.2 Å². The van der Waals surface area contributed by atoms with Crippen LogP contribution in [0.2, 0.25) is 0 Å². The van der Waals surface area contributed by atoms with E-state index in [0.717, 1.165) is 10.0 Å². The average Bonchev–Trinajstić information content (AvgIpc) is 2.41. The van der Waals surface area contributed by atoms with Gasteiger partial charge in [-0.15, -0.1) is 0 Å². The molecule has 0 aromatic rings. The summed E-state index contributed by atoms with van der Waals surface area (Å²) in [5.74, 6) is 0. The van der Waals surface area contributed by atoms with Crippen molar-refractivity contribution in [3.63, 3.8) is 0 Å². The summed E-state index contributed by atoms with van der Waals surface area (Å²) in [4.78, 5) is 24.6. The molecule has 8 nitrogen and oxygen atoms in total. The lowest BCUT2D eigenvalue weighted by atomic mass is 9.82. The van der Waals surface area contributed by atoms with Crippen LogP contribution in [-0.2, 0) is 9.47 Å². The van der Waals surface area contributed by atoms with Gasteiger partial charge in [0.2, 0.25) is 0 Å². The molecule has 2 saturated heterocycles. The Balaban J connectivity index is 2.29. The predicted molar refractivity (Wildman–Crippen MR) is 75.7 cm³/mol. The van der Waals surface area contributed by atoms with Crippen molar-refractivity contribution < 1.29 is 29.3 Å². The Kier molecular flexibility index (Phi) is 4.81. The summed E-state index contributed by atoms with van der Waals surface area (Å²) < 4.78 is 10.3. The molecule has 2 heterocycles. The number of ether oxygens (including phenoxy) is 2. The molecule has 3 fully saturated rings. The van der Waals surface area contributed by atoms with Crippen molar-refractivity contribution in [2.24, 2.45) is 0 Å². The number of rotatable bonds is 2. The second-order valence-electron chi connectivity index (χ2n) is 6.25. The van der Waals surface area contributed by atoms with Crippen molar-refractivity contribution in [1.29, 1.82) is 0 Å². The normalized spacial score (nSPS) is 30.9. The third-order valence-electron chi connectivity index (χ3n) is 3.80. The van der Waals surface area contributed by atoms with Crippen molar-refractivity contribution in [2.75, 3.05) is 0 Å². The molecule has 4 unspecified atom stereocenters. The van der Waals surface area contributed by atoms with Crippen molar-refractivity contribution in [3.05, 3.63) is 0 Å². The van der Waals surface area contributed by atoms with Gasteiger partial charge in [0.25, 0.3) is 0 Å². The van der Waals surface area contributed by atoms with Gasteiger partial charge >= 0.3 is 12.2 Å². The van der Waals surface area contributed by atoms with Crippen LogP contribution < -0.4 is 0 Å². The molecule has 126 valence electrons. The van der Waals surface area contributed by atoms with E-state index in [1.807, 2.05) is 0 Å². The van der Waals surface area contributed by atoms with E-state index >= 15 is 0 Å². The Morgan fingerprint density at radius 3 is 1.45 bits per heavy atom. The summed E-state index contributed by atoms with van der Waals surface area (Å²) in [5.41, 5.74) is 0. The molecule has 2 amide bonds. The van der Waals surface area contributed by atoms with Crippen LogP contribution in [0.4, 0.5) is 9.59 Å². The van der Waals surface area contributed by atoms with Crippen LogP contribution in [0, 0.1) is 0 Å². The number of hydrazine groups is 1. The van der Waals surface area contributed by atoms with E-state index in [0.29, 0.717) is 12.8 Å². The molecule has 0 radical (unpaired) electrons. The minimum atomic E-state index is -1.11. The maximum absolute atomic E-state index is 12.3. The van der Waals surface area contributed by atoms with Gasteiger partial charge in [-0.1, -0.05) is 0 Å². The predicted octanol–water partition coefficient (Wildman–Crippen LogP) is 0.862. The fourth-order valence-electron chi connectivity index (χ4n) is 2.95. The Morgan fingerprint density at radius 2 is 1.18 bits per heavy atom. The van der Waals surface area contributed by atoms with Gasteiger partial charge in [0, 0.05) is 0 Å². The van der Waals surface area contributed by atoms with Gasteiger partial charge in [0.05, 0.1) is 24.3 Å². The second kappa shape index (κ2) is 6.29. The molecule has 2 N–H and O–H groups in total. The molecule has 2 bridgehead atoms. The number of hydrogen-bond acceptors (Lipinski definition) is 6. The largest absolute Gasteiger partial charge is 0.445 e. The lowest BCUT2D eigenvalue weighted by Crippen LogP contribution is -2.74. The van der Waals surface area contributed by atoms with Gasteiger partial charge < -0.3 is 19.7 Å². The van der Waals surface area contributed by atoms with Crippen LogP contribution in [0.1, 0.15) is 40.5 Å². The lowest BCUT2D eigenvalue weighted by molar-refractivity contribution is -0.214. The van der Waals surface area contributed by atoms with Gasteiger partial charge in [0.15, 0.2) is 0 Å². The number of amides is 2. The van der Waals surface area contributed by atoms with Gasteiger partial charge in [0.1, 0.15) is 12.2 Å². The number of carbonyl (C=O) groups excluding carboxylic acids is 2. The fraction of sp³-hybridized carbons (Fsp3) is 0.857. The monoisotopic (exact) mass is 316 g/mol. The first-order valence-electron chi connectivity index (χ1n) is 7.59. The molecule has 0 spiro atoms. The molecule has 0 aromatic heterocycles. The first-order valence-corrected chi connectivity index (χ1v) is 7.59. The van der Waals surface area contributed by atoms with Crippen LogP contribution >= 0.6 is 0 Å². The zero-order valence-electron chi connectivity index (χ0n) is 13.3. The third kappa shape index (κ3) is 2.98. The van der Waals surface area contributed by atoms with Crippen LogP contribution in [0.25, 0.3) is 0 Å². The van der Waals surface area contributed by atoms with Crippen LogP contribution in [0.5, 0.6) is 0 Å². The standard InChI is InChI=1S/C14H24N2O6/c1-7(2)21-13(19)15-9-5-6-10(12(18)11(9)17)16(15)14(20)22-8(3)4/h7-12,17-18H,5-6H2,1-4H3. The van der Waals surface area contributed by atoms with Crippen LogP contribution in [-0.4, -0.2) is 68.9 Å². The summed E-state index contributed by atoms with van der Waals surface area (Å²) in [5, 5.41) is 22.4. The number of fused-ring (bicyclic) bond motifs is 3. The van der Waals surface area contributed by atoms with Crippen molar-refractivity contribution in [2.45, 2.75) is 77.0 Å². The minimum Gasteiger partial charge on any atom is -0.445 e. The molecule has 0 aromatic carbocycles. The molecule has 8 heteroatoms. The van der Waals surface area contributed by atoms with Gasteiger partial charge in [-0.2, -0.15) is 0 Å². The highest BCUT2D eigenvalue weighted by molar-refractivity contribution is 5.76. The van der Waals surface area contributed by atoms with E-state index in [1.54, 1.807) is 27.7 Å². The zero-order chi connectivity index (χ0) is 16.6. The van der Waals surface area contributed by atoms with Gasteiger partial charge in [-0.3, -0.25) is 0 Å². The number of carbonyl (C=O) groups is 2. The lowest BCUT2D eigenvalue weighted by Gasteiger charge is -2.55. The molecular formula is C14H24N2O6. The number of nitrogens with zero attached hydrogens (tertiary/aromatic N) is 2. The SMILES string of the molecule is CC(C)OC(=O)N1C2CCC(C(O)C2O)N1C(=O)OC(C)C. The highest BCUT2D eigenvalue weighted by Gasteiger charge is 2.56. The van der Waals surface area contributed by atoms with Crippen molar-refractivity contribution in [1.82, 2.24) is 10.0 Å². The number of hydrogen-bond donors (Lipinski definition) is 2. The fourth-order valence-corrected chi connectivity index (χ4v) is 2.95. The summed E-state index contributed by atoms with van der Waals surface area (Å²) in [6, 6.07) is -1.41. The maximum Gasteiger partial charge on any atom is 0.429 e. The quantitative estimate of drug-likeness (QED) is 0.784. The second-order valence-corrected chi connectivity index (χ2v) is 6.25. The minimum absolute atomic E-state index is 0.363. The maximum atomic E-state index is 12.3. The van der Waals surface area contributed by atoms with Crippen LogP contribution in [0.3, 0.4) is 0 Å². The molecule has 1 saturated carbocycles. The first-order chi connectivity index (χ1) is 10.2. The highest BCUT2D eigenvalue weighted by Crippen LogP contribution is 2.37. The van der Waals surface area contributed by atoms with E-state index in [9.17, 15) is 19.8 Å². The molecule has 3 rings (SSSR count). The van der Waals surface area contributed by atoms with Crippen LogP contribution in [0.15, 0.2) is 0 Å². The Labute approximate surface area is 129 Å². The zero-order valence-corrected chi connectivity index (χ0v) is 13.3. The molecule has 3 aliphatic rings. The Bertz CT molecular complexity index is 401. The Hall–Kier alpha value is -1.54. The number of aliphatic hydroxyl groups is 2. The molecule has 2 aliphatic heterocycles. The van der Waals surface area contributed by atoms with Crippen molar-refractivity contribution >= 4 is 12.2 Å². The van der Waals surface area contributed by atoms with E-state index in [2.05, 4.69) is 0 Å². The summed E-state index contributed by atoms with van der Waals surface area (Å²) in [7, 11) is 0. The van der Waals surface area contributed by atoms with E-state index in [1.165, 1.54) is 0 Å². The molecule has 1 aliphatic carbocycles. The molecular weight excluding hydrogens is 292 g/mol. The van der Waals surface area contributed by atoms with Gasteiger partial charge in [-0.05, 0) is 40.5 Å². The molecule has 22 heavy (non-hydrogen) atoms. The average molecular weight is 316 g/mol. The summed E-state index contributed by atoms with van der Waals surface area (Å²) >= 11 is 0. The highest BCUT2D eigenvalue weighted by atomic mass is 16.6. The van der Waals surface area contributed by atoms with E-state index in [4.69, 9.17) is 9.47 Å². The molecule has 4 atom stereocenters.